The Kier molecular flexibility index (Phi) is 3.64. The highest BCUT2D eigenvalue weighted by Gasteiger charge is 2.32. The van der Waals surface area contributed by atoms with Gasteiger partial charge in [0.2, 0.25) is 0 Å². The van der Waals surface area contributed by atoms with Crippen molar-refractivity contribution in [2.75, 3.05) is 20.3 Å². The molecule has 0 spiro atoms. The number of aromatic hydroxyl groups is 1. The Morgan fingerprint density at radius 2 is 2.29 bits per heavy atom. The number of carbonyl (C=O) groups excluding carboxylic acids is 1. The van der Waals surface area contributed by atoms with Gasteiger partial charge in [-0.15, -0.1) is 0 Å². The molecule has 4 nitrogen and oxygen atoms in total. The van der Waals surface area contributed by atoms with Gasteiger partial charge in [0.1, 0.15) is 5.75 Å². The highest BCUT2D eigenvalue weighted by molar-refractivity contribution is 5.95. The van der Waals surface area contributed by atoms with Gasteiger partial charge in [0.05, 0.1) is 6.61 Å². The fourth-order valence-electron chi connectivity index (χ4n) is 1.83. The Labute approximate surface area is 101 Å². The van der Waals surface area contributed by atoms with Crippen molar-refractivity contribution in [1.29, 1.82) is 0 Å². The van der Waals surface area contributed by atoms with Crippen LogP contribution in [0, 0.1) is 0 Å². The van der Waals surface area contributed by atoms with Gasteiger partial charge in [-0.1, -0.05) is 6.07 Å². The van der Waals surface area contributed by atoms with Crippen LogP contribution in [0.5, 0.6) is 5.75 Å². The first-order valence-electron chi connectivity index (χ1n) is 5.81. The molecule has 1 aliphatic carbocycles. The summed E-state index contributed by atoms with van der Waals surface area (Å²) in [6.45, 7) is 1.15. The predicted octanol–water partition coefficient (Wildman–Crippen LogP) is 1.64. The Morgan fingerprint density at radius 1 is 1.53 bits per heavy atom. The lowest BCUT2D eigenvalue weighted by Crippen LogP contribution is -2.35. The van der Waals surface area contributed by atoms with Crippen molar-refractivity contribution < 1.29 is 14.6 Å². The summed E-state index contributed by atoms with van der Waals surface area (Å²) in [4.78, 5) is 14.1. The van der Waals surface area contributed by atoms with E-state index in [1.807, 2.05) is 4.90 Å². The second-order valence-electron chi connectivity index (χ2n) is 4.27. The average molecular weight is 235 g/mol. The van der Waals surface area contributed by atoms with Crippen molar-refractivity contribution in [2.45, 2.75) is 18.9 Å². The van der Waals surface area contributed by atoms with Gasteiger partial charge in [0.25, 0.3) is 5.91 Å². The summed E-state index contributed by atoms with van der Waals surface area (Å²) in [6, 6.07) is 6.83. The van der Waals surface area contributed by atoms with E-state index >= 15 is 0 Å². The molecule has 0 saturated heterocycles. The van der Waals surface area contributed by atoms with Crippen LogP contribution in [0.2, 0.25) is 0 Å². The Hall–Kier alpha value is -1.55. The van der Waals surface area contributed by atoms with Crippen LogP contribution < -0.4 is 0 Å². The first-order chi connectivity index (χ1) is 8.22. The van der Waals surface area contributed by atoms with Crippen LogP contribution in [0.4, 0.5) is 0 Å². The molecule has 0 radical (unpaired) electrons. The molecule has 0 unspecified atom stereocenters. The molecule has 92 valence electrons. The number of benzene rings is 1. The fraction of sp³-hybridized carbons (Fsp3) is 0.462. The number of phenolic OH excluding ortho intramolecular Hbond substituents is 1. The minimum atomic E-state index is -0.0274. The molecule has 0 bridgehead atoms. The number of ether oxygens (including phenoxy) is 1. The van der Waals surface area contributed by atoms with E-state index in [-0.39, 0.29) is 11.7 Å². The monoisotopic (exact) mass is 235 g/mol. The SMILES string of the molecule is COCCN(C(=O)c1cccc(O)c1)C1CC1. The third kappa shape index (κ3) is 2.97. The van der Waals surface area contributed by atoms with Crippen molar-refractivity contribution in [3.8, 4) is 5.75 Å². The van der Waals surface area contributed by atoms with E-state index in [4.69, 9.17) is 4.74 Å². The number of phenols is 1. The molecule has 4 heteroatoms. The van der Waals surface area contributed by atoms with Crippen LogP contribution in [0.1, 0.15) is 23.2 Å². The minimum absolute atomic E-state index is 0.0274. The number of amides is 1. The van der Waals surface area contributed by atoms with Gasteiger partial charge >= 0.3 is 0 Å². The minimum Gasteiger partial charge on any atom is -0.508 e. The highest BCUT2D eigenvalue weighted by atomic mass is 16.5. The first kappa shape index (κ1) is 11.9. The molecule has 1 aromatic carbocycles. The summed E-state index contributed by atoms with van der Waals surface area (Å²) < 4.78 is 5.02. The van der Waals surface area contributed by atoms with Gasteiger partial charge in [-0.3, -0.25) is 4.79 Å². The smallest absolute Gasteiger partial charge is 0.254 e. The van der Waals surface area contributed by atoms with E-state index in [9.17, 15) is 9.90 Å². The lowest BCUT2D eigenvalue weighted by molar-refractivity contribution is 0.0680. The zero-order chi connectivity index (χ0) is 12.3. The third-order valence-electron chi connectivity index (χ3n) is 2.88. The van der Waals surface area contributed by atoms with E-state index < -0.39 is 0 Å². The summed E-state index contributed by atoms with van der Waals surface area (Å²) >= 11 is 0. The number of carbonyl (C=O) groups is 1. The molecule has 1 saturated carbocycles. The van der Waals surface area contributed by atoms with Gasteiger partial charge < -0.3 is 14.7 Å². The Morgan fingerprint density at radius 3 is 2.88 bits per heavy atom. The second kappa shape index (κ2) is 5.19. The van der Waals surface area contributed by atoms with Crippen molar-refractivity contribution in [2.24, 2.45) is 0 Å². The van der Waals surface area contributed by atoms with Gasteiger partial charge in [-0.2, -0.15) is 0 Å². The summed E-state index contributed by atoms with van der Waals surface area (Å²) in [7, 11) is 1.63. The summed E-state index contributed by atoms with van der Waals surface area (Å²) in [6.07, 6.45) is 2.13. The molecule has 1 amide bonds. The Bertz CT molecular complexity index is 401. The summed E-state index contributed by atoms with van der Waals surface area (Å²) in [5.41, 5.74) is 0.535. The van der Waals surface area contributed by atoms with Crippen molar-refractivity contribution in [3.63, 3.8) is 0 Å². The van der Waals surface area contributed by atoms with E-state index in [1.54, 1.807) is 25.3 Å². The average Bonchev–Trinajstić information content (AvgIpc) is 3.14. The van der Waals surface area contributed by atoms with Gasteiger partial charge in [-0.05, 0) is 31.0 Å². The molecule has 1 fully saturated rings. The fourth-order valence-corrected chi connectivity index (χ4v) is 1.83. The Balaban J connectivity index is 2.10. The first-order valence-corrected chi connectivity index (χ1v) is 5.81. The standard InChI is InChI=1S/C13H17NO3/c1-17-8-7-14(11-5-6-11)13(16)10-3-2-4-12(15)9-10/h2-4,9,11,15H,5-8H2,1H3. The summed E-state index contributed by atoms with van der Waals surface area (Å²) in [5, 5.41) is 9.38. The number of nitrogens with zero attached hydrogens (tertiary/aromatic N) is 1. The zero-order valence-corrected chi connectivity index (χ0v) is 9.93. The molecule has 0 atom stereocenters. The van der Waals surface area contributed by atoms with Crippen LogP contribution in [-0.4, -0.2) is 42.2 Å². The lowest BCUT2D eigenvalue weighted by atomic mass is 10.2. The van der Waals surface area contributed by atoms with Crippen molar-refractivity contribution in [3.05, 3.63) is 29.8 Å². The third-order valence-corrected chi connectivity index (χ3v) is 2.88. The van der Waals surface area contributed by atoms with Gasteiger partial charge in [-0.25, -0.2) is 0 Å². The number of hydrogen-bond donors (Lipinski definition) is 1. The number of hydrogen-bond acceptors (Lipinski definition) is 3. The van der Waals surface area contributed by atoms with E-state index in [1.165, 1.54) is 6.07 Å². The zero-order valence-electron chi connectivity index (χ0n) is 9.93. The predicted molar refractivity (Wildman–Crippen MR) is 64.0 cm³/mol. The number of rotatable bonds is 5. The molecule has 17 heavy (non-hydrogen) atoms. The van der Waals surface area contributed by atoms with Gasteiger partial charge in [0, 0.05) is 25.3 Å². The highest BCUT2D eigenvalue weighted by Crippen LogP contribution is 2.28. The molecule has 0 heterocycles. The molecule has 2 rings (SSSR count). The molecular weight excluding hydrogens is 218 g/mol. The van der Waals surface area contributed by atoms with Crippen LogP contribution in [0.25, 0.3) is 0 Å². The molecule has 0 aromatic heterocycles. The van der Waals surface area contributed by atoms with E-state index in [0.717, 1.165) is 12.8 Å². The molecule has 0 aliphatic heterocycles. The van der Waals surface area contributed by atoms with Gasteiger partial charge in [0.15, 0.2) is 0 Å². The molecular formula is C13H17NO3. The van der Waals surface area contributed by atoms with Crippen LogP contribution in [0.3, 0.4) is 0 Å². The quantitative estimate of drug-likeness (QED) is 0.844. The normalized spacial score (nSPS) is 14.6. The lowest BCUT2D eigenvalue weighted by Gasteiger charge is -2.22. The van der Waals surface area contributed by atoms with Crippen molar-refractivity contribution >= 4 is 5.91 Å². The van der Waals surface area contributed by atoms with Crippen LogP contribution >= 0.6 is 0 Å². The molecule has 1 aromatic rings. The summed E-state index contributed by atoms with van der Waals surface area (Å²) in [5.74, 6) is 0.0961. The van der Waals surface area contributed by atoms with E-state index in [0.29, 0.717) is 24.8 Å². The van der Waals surface area contributed by atoms with Crippen LogP contribution in [-0.2, 0) is 4.74 Å². The van der Waals surface area contributed by atoms with Crippen LogP contribution in [0.15, 0.2) is 24.3 Å². The molecule has 1 N–H and O–H groups in total. The maximum Gasteiger partial charge on any atom is 0.254 e. The van der Waals surface area contributed by atoms with Crippen molar-refractivity contribution in [1.82, 2.24) is 4.90 Å². The maximum absolute atomic E-state index is 12.2. The largest absolute Gasteiger partial charge is 0.508 e. The topological polar surface area (TPSA) is 49.8 Å². The van der Waals surface area contributed by atoms with E-state index in [2.05, 4.69) is 0 Å². The maximum atomic E-state index is 12.2. The number of methoxy groups -OCH3 is 1. The second-order valence-corrected chi connectivity index (χ2v) is 4.27. The molecule has 1 aliphatic rings.